The average Bonchev–Trinajstić information content (AvgIpc) is 1.54. The zero-order valence-corrected chi connectivity index (χ0v) is 87.6. The Bertz CT molecular complexity index is 6980. The molecule has 144 heavy (non-hydrogen) atoms. The molecule has 3 amide bonds. The number of carbonyl (C=O) groups is 9. The van der Waals surface area contributed by atoms with Gasteiger partial charge in [-0.3, -0.25) is 67.2 Å². The number of pyridine rings is 5. The van der Waals surface area contributed by atoms with Crippen LogP contribution in [0.2, 0.25) is 0 Å². The third-order valence-electron chi connectivity index (χ3n) is 31.1. The van der Waals surface area contributed by atoms with Crippen LogP contribution in [0.5, 0.6) is 0 Å². The highest BCUT2D eigenvalue weighted by Gasteiger charge is 2.70. The van der Waals surface area contributed by atoms with Crippen LogP contribution >= 0.6 is 47.8 Å². The highest BCUT2D eigenvalue weighted by atomic mass is 79.9. The van der Waals surface area contributed by atoms with E-state index in [2.05, 4.69) is 157 Å². The second-order valence-corrected chi connectivity index (χ2v) is 44.0. The van der Waals surface area contributed by atoms with Gasteiger partial charge in [0.15, 0.2) is 35.2 Å². The number of benzene rings is 1. The fourth-order valence-electron chi connectivity index (χ4n) is 23.7. The van der Waals surface area contributed by atoms with Gasteiger partial charge in [-0.25, -0.2) is 49.2 Å². The SMILES string of the molecule is CC(=O)c1nn(CC(=O)N2[C@H]3C[C@]4(C[C@@H]24)CN(C)CCCCCCCc2ccc(Br)nc2CC3=O)c2cnc(-c3cnc(C)nc3)cc12.CC(=O)c1nn(CC(=O)N2[C@H]3C[C@]4(C[C@@H]24)CN(C)CCCCCCc2ccc(Br)nc2CC3=O)c2cnc(-c3cnc(C)nc3)cc12.Cc1ncc(-c2cc(CF)c3c(c2)c(C=O)nn3CC(=O)N2[C@H]3C[C@]4(C[C@@H]24)CN(C)CCCCCCCc2ccc(Br)nc2CC3=O)cn1. The number of hydrogen-bond donors (Lipinski definition) is 0. The summed E-state index contributed by atoms with van der Waals surface area (Å²) in [5.41, 5.74) is 11.9. The molecule has 36 heteroatoms. The number of amides is 3. The molecule has 3 spiro atoms. The van der Waals surface area contributed by atoms with Crippen LogP contribution in [0.25, 0.3) is 66.4 Å². The van der Waals surface area contributed by atoms with E-state index in [4.69, 9.17) is 15.0 Å². The van der Waals surface area contributed by atoms with Crippen LogP contribution in [0, 0.1) is 37.0 Å². The number of aryl methyl sites for hydroxylation is 6. The zero-order chi connectivity index (χ0) is 101. The number of Topliss-reactive ketones (excluding diaryl/α,β-unsaturated/α-hetero) is 5. The molecule has 11 aromatic heterocycles. The number of aldehydes is 1. The van der Waals surface area contributed by atoms with Gasteiger partial charge in [-0.05, 0) is 270 Å². The molecule has 3 saturated heterocycles. The van der Waals surface area contributed by atoms with Crippen molar-refractivity contribution >= 4 is 133 Å². The third-order valence-corrected chi connectivity index (χ3v) is 32.4. The van der Waals surface area contributed by atoms with E-state index in [0.29, 0.717) is 118 Å². The highest BCUT2D eigenvalue weighted by molar-refractivity contribution is 9.11. The Morgan fingerprint density at radius 1 is 0.403 bits per heavy atom. The van der Waals surface area contributed by atoms with Crippen molar-refractivity contribution in [1.82, 2.24) is 114 Å². The number of hydrogen-bond acceptors (Lipinski definition) is 26. The number of aromatic nitrogens is 17. The molecule has 9 atom stereocenters. The predicted molar refractivity (Wildman–Crippen MR) is 551 cm³/mol. The average molecular weight is 2140 g/mol. The van der Waals surface area contributed by atoms with E-state index in [1.165, 1.54) is 50.6 Å². The topological polar surface area (TPSA) is 368 Å². The number of halogens is 4. The lowest BCUT2D eigenvalue weighted by Crippen LogP contribution is -2.45. The first kappa shape index (κ1) is 101. The lowest BCUT2D eigenvalue weighted by Gasteiger charge is -2.27. The first-order valence-corrected chi connectivity index (χ1v) is 53.0. The number of fused-ring (bicyclic) bond motifs is 9. The second kappa shape index (κ2) is 42.8. The van der Waals surface area contributed by atoms with Crippen molar-refractivity contribution < 1.29 is 47.5 Å². The maximum absolute atomic E-state index is 14.7. The van der Waals surface area contributed by atoms with Crippen LogP contribution in [-0.2, 0) is 93.6 Å². The van der Waals surface area contributed by atoms with Gasteiger partial charge in [-0.1, -0.05) is 69.6 Å². The van der Waals surface area contributed by atoms with Crippen LogP contribution < -0.4 is 0 Å². The molecule has 21 rings (SSSR count). The van der Waals surface area contributed by atoms with Gasteiger partial charge in [-0.2, -0.15) is 15.3 Å². The number of likely N-dealkylation sites (tertiary alicyclic amines) is 3. The van der Waals surface area contributed by atoms with E-state index in [9.17, 15) is 47.5 Å². The Hall–Kier alpha value is -11.7. The summed E-state index contributed by atoms with van der Waals surface area (Å²) in [6.07, 6.45) is 37.7. The standard InChI is InChI=1S/C37H41BrFN7O3.C36H41BrN8O3.C35H39BrN8O3/c1-23-40-18-27(19-41-23)25-12-26(17-39)36-28(13-25)30(21-47)43-45(36)20-35(49)46-31-15-37(16-33(37)46)22-44(2)11-7-5-3-4-6-8-24-9-10-34(38)42-29(24)14-32(31)48;1-22(46)35-26-13-27(25-17-38-23(2)39-18-25)40-19-30(26)44(42-35)20-34(48)45-29-15-36(16-32(36)45)21-43(3)12-8-6-4-5-7-9-24-10-11-33(37)41-28(24)14-31(29)47;1-21(45)34-25-12-26(24-16-37-22(2)38-17-24)39-18-29(25)43(41-34)19-33(47)44-28-14-35(15-31(35)44)20-42(3)11-7-5-4-6-8-23-9-10-32(36)40-27(23)13-30(28)46/h9-10,12-13,18-19,21,31,33H,3-8,11,14-17,20,22H2,1-2H3;10-11,13,17-19,29,32H,4-9,12,14-16,20-21H2,1-3H3;9-10,12,16-18,28,31H,4-8,11,13-15,19-20H2,1-3H3/t31-,33+,37-;29-,32+,36-;28-,31+,35-/m000/s1. The molecule has 32 nitrogen and oxygen atoms in total. The second-order valence-electron chi connectivity index (χ2n) is 41.6. The Kier molecular flexibility index (Phi) is 30.0. The molecule has 17 heterocycles. The van der Waals surface area contributed by atoms with Gasteiger partial charge < -0.3 is 29.4 Å². The van der Waals surface area contributed by atoms with E-state index in [1.807, 2.05) is 41.8 Å². The summed E-state index contributed by atoms with van der Waals surface area (Å²) >= 11 is 10.5. The molecule has 3 saturated carbocycles. The lowest BCUT2D eigenvalue weighted by molar-refractivity contribution is -0.139. The minimum atomic E-state index is -0.819. The minimum Gasteiger partial charge on any atom is -0.327 e. The number of alkyl halides is 1. The Morgan fingerprint density at radius 2 is 0.743 bits per heavy atom. The van der Waals surface area contributed by atoms with E-state index in [-0.39, 0.29) is 137 Å². The van der Waals surface area contributed by atoms with Crippen molar-refractivity contribution in [1.29, 1.82) is 0 Å². The molecular formula is C108H121Br3FN23O9. The van der Waals surface area contributed by atoms with Crippen LogP contribution in [-0.4, -0.2) is 263 Å². The monoisotopic (exact) mass is 2140 g/mol. The number of nitrogens with zero attached hydrogens (tertiary/aromatic N) is 23. The van der Waals surface area contributed by atoms with E-state index < -0.39 is 24.8 Å². The van der Waals surface area contributed by atoms with E-state index in [0.717, 1.165) is 180 Å². The molecule has 6 aliphatic heterocycles. The number of piperidine rings is 3. The summed E-state index contributed by atoms with van der Waals surface area (Å²) in [4.78, 5) is 185. The molecule has 1 aromatic carbocycles. The largest absolute Gasteiger partial charge is 0.327 e. The molecule has 6 bridgehead atoms. The van der Waals surface area contributed by atoms with E-state index >= 15 is 0 Å². The number of carbonyl (C=O) groups excluding carboxylic acids is 9. The summed E-state index contributed by atoms with van der Waals surface area (Å²) in [5.74, 6) is 0.934. The van der Waals surface area contributed by atoms with Crippen LogP contribution in [0.15, 0.2) is 124 Å². The van der Waals surface area contributed by atoms with Gasteiger partial charge in [0.1, 0.15) is 74.7 Å². The minimum absolute atomic E-state index is 0.00499. The maximum Gasteiger partial charge on any atom is 0.245 e. The zero-order valence-electron chi connectivity index (χ0n) is 82.9. The predicted octanol–water partition coefficient (Wildman–Crippen LogP) is 15.8. The molecule has 0 radical (unpaired) electrons. The molecule has 3 aliphatic carbocycles. The van der Waals surface area contributed by atoms with Gasteiger partial charge in [0, 0.05) is 143 Å². The van der Waals surface area contributed by atoms with Gasteiger partial charge in [0.05, 0.1) is 94.8 Å². The molecule has 0 N–H and O–H groups in total. The van der Waals surface area contributed by atoms with Crippen molar-refractivity contribution in [2.45, 2.75) is 264 Å². The van der Waals surface area contributed by atoms with Crippen molar-refractivity contribution in [2.75, 3.05) is 60.4 Å². The first-order valence-electron chi connectivity index (χ1n) is 50.6. The van der Waals surface area contributed by atoms with Gasteiger partial charge in [-0.15, -0.1) is 0 Å². The molecule has 12 aromatic rings. The molecular weight excluding hydrogens is 2020 g/mol. The first-order chi connectivity index (χ1) is 69.4. The number of rotatable bonds is 13. The molecule has 6 fully saturated rings. The van der Waals surface area contributed by atoms with Gasteiger partial charge >= 0.3 is 0 Å². The van der Waals surface area contributed by atoms with Crippen molar-refractivity contribution in [3.63, 3.8) is 0 Å². The summed E-state index contributed by atoms with van der Waals surface area (Å²) in [6.45, 7) is 12.7. The Labute approximate surface area is 861 Å². The normalized spacial score (nSPS) is 23.5. The smallest absolute Gasteiger partial charge is 0.245 e. The summed E-state index contributed by atoms with van der Waals surface area (Å²) < 4.78 is 21.3. The van der Waals surface area contributed by atoms with E-state index in [1.54, 1.807) is 95.0 Å². The van der Waals surface area contributed by atoms with Crippen LogP contribution in [0.1, 0.15) is 231 Å². The highest BCUT2D eigenvalue weighted by Crippen LogP contribution is 2.63. The lowest BCUT2D eigenvalue weighted by atomic mass is 9.93. The van der Waals surface area contributed by atoms with Gasteiger partial charge in [0.25, 0.3) is 0 Å². The van der Waals surface area contributed by atoms with Crippen molar-refractivity contribution in [2.24, 2.45) is 16.2 Å². The Morgan fingerprint density at radius 3 is 1.09 bits per heavy atom. The molecule has 9 aliphatic rings. The van der Waals surface area contributed by atoms with Gasteiger partial charge in [0.2, 0.25) is 17.7 Å². The Balaban J connectivity index is 0.000000137. The van der Waals surface area contributed by atoms with Crippen molar-refractivity contribution in [3.8, 4) is 33.6 Å². The fraction of sp³-hybridized carbons (Fsp3) is 0.491. The van der Waals surface area contributed by atoms with Crippen LogP contribution in [0.3, 0.4) is 0 Å². The van der Waals surface area contributed by atoms with Crippen LogP contribution in [0.4, 0.5) is 4.39 Å². The summed E-state index contributed by atoms with van der Waals surface area (Å²) in [6, 6.07) is 17.3. The number of ketones is 5. The quantitative estimate of drug-likeness (QED) is 0.0588. The molecule has 0 unspecified atom stereocenters. The molecule has 750 valence electrons. The maximum atomic E-state index is 14.7. The van der Waals surface area contributed by atoms with Crippen molar-refractivity contribution in [3.05, 3.63) is 198 Å². The fourth-order valence-corrected chi connectivity index (χ4v) is 24.7. The summed E-state index contributed by atoms with van der Waals surface area (Å²) in [5, 5.41) is 15.4. The summed E-state index contributed by atoms with van der Waals surface area (Å²) in [7, 11) is 6.46. The third kappa shape index (κ3) is 21.6.